The van der Waals surface area contributed by atoms with Crippen LogP contribution in [0.25, 0.3) is 6.08 Å². The van der Waals surface area contributed by atoms with Crippen LogP contribution in [0.5, 0.6) is 5.75 Å². The minimum absolute atomic E-state index is 0.00136. The third kappa shape index (κ3) is 6.31. The molecule has 168 valence electrons. The van der Waals surface area contributed by atoms with Gasteiger partial charge in [-0.05, 0) is 30.0 Å². The number of nitro groups is 1. The molecule has 2 aromatic rings. The number of nitrogens with zero attached hydrogens (tertiary/aromatic N) is 2. The largest absolute Gasteiger partial charge is 0.475 e. The van der Waals surface area contributed by atoms with Gasteiger partial charge in [0.15, 0.2) is 12.4 Å². The number of hydrogen-bond donors (Lipinski definition) is 0. The van der Waals surface area contributed by atoms with Crippen LogP contribution in [0.1, 0.15) is 24.0 Å². The number of esters is 1. The summed E-state index contributed by atoms with van der Waals surface area (Å²) >= 11 is 0. The molecule has 0 unspecified atom stereocenters. The summed E-state index contributed by atoms with van der Waals surface area (Å²) in [4.78, 5) is 36.0. The lowest BCUT2D eigenvalue weighted by molar-refractivity contribution is -0.385. The Balaban J connectivity index is 1.57. The highest BCUT2D eigenvalue weighted by atomic mass is 16.6. The van der Waals surface area contributed by atoms with Crippen LogP contribution in [0.3, 0.4) is 0 Å². The first-order valence-electron chi connectivity index (χ1n) is 10.1. The number of amides is 1. The van der Waals surface area contributed by atoms with E-state index in [9.17, 15) is 19.7 Å². The second-order valence-corrected chi connectivity index (χ2v) is 7.18. The number of rotatable bonds is 7. The highest BCUT2D eigenvalue weighted by Gasteiger charge is 2.21. The minimum atomic E-state index is -0.625. The first-order chi connectivity index (χ1) is 15.5. The van der Waals surface area contributed by atoms with Crippen LogP contribution in [0.4, 0.5) is 10.5 Å². The normalized spacial score (nSPS) is 13.3. The Hall–Kier alpha value is -3.88. The van der Waals surface area contributed by atoms with E-state index in [4.69, 9.17) is 9.47 Å². The van der Waals surface area contributed by atoms with Crippen LogP contribution < -0.4 is 4.74 Å². The zero-order chi connectivity index (χ0) is 22.9. The fourth-order valence-corrected chi connectivity index (χ4v) is 3.25. The molecule has 0 N–H and O–H groups in total. The molecule has 3 rings (SSSR count). The summed E-state index contributed by atoms with van der Waals surface area (Å²) in [6, 6.07) is 14.0. The zero-order valence-electron chi connectivity index (χ0n) is 17.7. The van der Waals surface area contributed by atoms with E-state index in [1.54, 1.807) is 11.0 Å². The van der Waals surface area contributed by atoms with Crippen LogP contribution in [0.2, 0.25) is 0 Å². The number of carbonyl (C=O) groups is 2. The number of benzene rings is 2. The van der Waals surface area contributed by atoms with Gasteiger partial charge >= 0.3 is 17.7 Å². The van der Waals surface area contributed by atoms with Crippen LogP contribution in [-0.2, 0) is 20.9 Å². The number of likely N-dealkylation sites (tertiary alicyclic amines) is 1. The first-order valence-corrected chi connectivity index (χ1v) is 10.1. The van der Waals surface area contributed by atoms with Crippen molar-refractivity contribution in [3.63, 3.8) is 0 Å². The fraction of sp³-hybridized carbons (Fsp3) is 0.304. The third-order valence-electron chi connectivity index (χ3n) is 4.99. The number of carbonyl (C=O) groups excluding carboxylic acids is 2. The Morgan fingerprint density at radius 1 is 1.12 bits per heavy atom. The molecule has 0 aromatic heterocycles. The van der Waals surface area contributed by atoms with Crippen LogP contribution in [0.15, 0.2) is 54.1 Å². The van der Waals surface area contributed by atoms with E-state index >= 15 is 0 Å². The highest BCUT2D eigenvalue weighted by molar-refractivity contribution is 5.71. The van der Waals surface area contributed by atoms with Gasteiger partial charge in [0.25, 0.3) is 0 Å². The van der Waals surface area contributed by atoms with E-state index in [-0.39, 0.29) is 24.1 Å². The van der Waals surface area contributed by atoms with Crippen molar-refractivity contribution in [3.8, 4) is 5.75 Å². The number of hydrogen-bond acceptors (Lipinski definition) is 7. The molecule has 1 aliphatic heterocycles. The molecular formula is C23H24N2O7. The van der Waals surface area contributed by atoms with Crippen LogP contribution in [0, 0.1) is 10.1 Å². The van der Waals surface area contributed by atoms with E-state index in [1.807, 2.05) is 36.4 Å². The van der Waals surface area contributed by atoms with E-state index in [0.29, 0.717) is 31.5 Å². The van der Waals surface area contributed by atoms with Gasteiger partial charge in [-0.2, -0.15) is 0 Å². The van der Waals surface area contributed by atoms with E-state index in [1.165, 1.54) is 19.2 Å². The van der Waals surface area contributed by atoms with Gasteiger partial charge in [0.2, 0.25) is 0 Å². The van der Waals surface area contributed by atoms with Crippen LogP contribution >= 0.6 is 0 Å². The zero-order valence-corrected chi connectivity index (χ0v) is 17.7. The van der Waals surface area contributed by atoms with Crippen molar-refractivity contribution in [3.05, 3.63) is 75.3 Å². The maximum atomic E-state index is 12.3. The molecule has 0 atom stereocenters. The second kappa shape index (κ2) is 10.9. The van der Waals surface area contributed by atoms with Gasteiger partial charge in [0.1, 0.15) is 6.61 Å². The van der Waals surface area contributed by atoms with Gasteiger partial charge in [-0.1, -0.05) is 48.0 Å². The van der Waals surface area contributed by atoms with Crippen molar-refractivity contribution in [2.45, 2.75) is 19.4 Å². The van der Waals surface area contributed by atoms with Gasteiger partial charge in [0, 0.05) is 19.2 Å². The second-order valence-electron chi connectivity index (χ2n) is 7.18. The summed E-state index contributed by atoms with van der Waals surface area (Å²) < 4.78 is 15.0. The van der Waals surface area contributed by atoms with Gasteiger partial charge in [0.05, 0.1) is 12.0 Å². The molecule has 9 nitrogen and oxygen atoms in total. The first kappa shape index (κ1) is 22.8. The molecule has 1 heterocycles. The molecule has 32 heavy (non-hydrogen) atoms. The van der Waals surface area contributed by atoms with Crippen molar-refractivity contribution in [2.24, 2.45) is 0 Å². The van der Waals surface area contributed by atoms with E-state index < -0.39 is 17.5 Å². The van der Waals surface area contributed by atoms with Crippen molar-refractivity contribution in [1.29, 1.82) is 0 Å². The Bertz CT molecular complexity index is 995. The summed E-state index contributed by atoms with van der Waals surface area (Å²) in [7, 11) is 1.21. The van der Waals surface area contributed by atoms with Crippen molar-refractivity contribution < 1.29 is 28.7 Å². The topological polar surface area (TPSA) is 108 Å². The monoisotopic (exact) mass is 440 g/mol. The molecule has 1 fully saturated rings. The lowest BCUT2D eigenvalue weighted by Gasteiger charge is -2.27. The molecule has 9 heteroatoms. The molecule has 0 saturated carbocycles. The van der Waals surface area contributed by atoms with Crippen molar-refractivity contribution in [1.82, 2.24) is 4.90 Å². The minimum Gasteiger partial charge on any atom is -0.475 e. The van der Waals surface area contributed by atoms with Gasteiger partial charge in [-0.3, -0.25) is 10.1 Å². The molecular weight excluding hydrogens is 416 g/mol. The number of nitro benzene ring substituents is 1. The predicted molar refractivity (Wildman–Crippen MR) is 116 cm³/mol. The average molecular weight is 440 g/mol. The summed E-state index contributed by atoms with van der Waals surface area (Å²) in [5.74, 6) is -0.627. The van der Waals surface area contributed by atoms with Crippen molar-refractivity contribution >= 4 is 23.8 Å². The average Bonchev–Trinajstić information content (AvgIpc) is 2.82. The van der Waals surface area contributed by atoms with Gasteiger partial charge in [-0.15, -0.1) is 0 Å². The lowest BCUT2D eigenvalue weighted by atomic mass is 10.0. The molecule has 2 aromatic carbocycles. The molecule has 1 aliphatic rings. The van der Waals surface area contributed by atoms with Crippen molar-refractivity contribution in [2.75, 3.05) is 26.8 Å². The summed E-state index contributed by atoms with van der Waals surface area (Å²) in [6.45, 7) is 0.852. The number of ether oxygens (including phenoxy) is 3. The molecule has 0 aliphatic carbocycles. The summed E-state index contributed by atoms with van der Waals surface area (Å²) in [5, 5.41) is 11.4. The maximum Gasteiger partial charge on any atom is 0.410 e. The standard InChI is InChI=1S/C23H24N2O7/c1-30-22(26)16-31-21-8-7-19(14-20(21)25(28)29)13-17-9-11-24(12-10-17)23(27)32-15-18-5-3-2-4-6-18/h2-8,13-14H,9-12,15-16H2,1H3. The van der Waals surface area contributed by atoms with Gasteiger partial charge in [-0.25, -0.2) is 9.59 Å². The quantitative estimate of drug-likeness (QED) is 0.364. The Labute approximate surface area is 185 Å². The molecule has 0 radical (unpaired) electrons. The van der Waals surface area contributed by atoms with Gasteiger partial charge < -0.3 is 19.1 Å². The Morgan fingerprint density at radius 3 is 2.50 bits per heavy atom. The Morgan fingerprint density at radius 2 is 1.84 bits per heavy atom. The molecule has 1 amide bonds. The van der Waals surface area contributed by atoms with Crippen LogP contribution in [-0.4, -0.2) is 48.7 Å². The van der Waals surface area contributed by atoms with E-state index in [2.05, 4.69) is 4.74 Å². The number of piperidine rings is 1. The fourth-order valence-electron chi connectivity index (χ4n) is 3.25. The third-order valence-corrected chi connectivity index (χ3v) is 4.99. The van der Waals surface area contributed by atoms with E-state index in [0.717, 1.165) is 11.1 Å². The maximum absolute atomic E-state index is 12.3. The SMILES string of the molecule is COC(=O)COc1ccc(C=C2CCN(C(=O)OCc3ccccc3)CC2)cc1[N+](=O)[O-]. The predicted octanol–water partition coefficient (Wildman–Crippen LogP) is 3.96. The molecule has 0 bridgehead atoms. The summed E-state index contributed by atoms with van der Waals surface area (Å²) in [6.07, 6.45) is 2.82. The Kier molecular flexibility index (Phi) is 7.80. The highest BCUT2D eigenvalue weighted by Crippen LogP contribution is 2.30. The smallest absolute Gasteiger partial charge is 0.410 e. The molecule has 1 saturated heterocycles. The summed E-state index contributed by atoms with van der Waals surface area (Å²) in [5.41, 5.74) is 2.43. The molecule has 0 spiro atoms. The lowest BCUT2D eigenvalue weighted by Crippen LogP contribution is -2.36. The number of methoxy groups -OCH3 is 1.